The van der Waals surface area contributed by atoms with Gasteiger partial charge >= 0.3 is 0 Å². The van der Waals surface area contributed by atoms with Gasteiger partial charge in [-0.05, 0) is 89.9 Å². The van der Waals surface area contributed by atoms with Crippen LogP contribution in [0.15, 0.2) is 97.2 Å². The Morgan fingerprint density at radius 3 is 0.991 bits per heavy atom. The van der Waals surface area contributed by atoms with E-state index in [9.17, 15) is 61.0 Å². The second-order valence-corrected chi connectivity index (χ2v) is 32.4. The molecule has 1 amide bonds. The fourth-order valence-corrected chi connectivity index (χ4v) is 15.1. The van der Waals surface area contributed by atoms with Crippen LogP contribution in [0, 0.1) is 0 Å². The number of hydrogen-bond donors (Lipinski definition) is 12. The van der Waals surface area contributed by atoms with Crippen LogP contribution in [-0.2, 0) is 33.2 Å². The minimum atomic E-state index is -1.99. The highest BCUT2D eigenvalue weighted by Gasteiger charge is 2.54. The summed E-state index contributed by atoms with van der Waals surface area (Å²) in [5.41, 5.74) is 0. The van der Waals surface area contributed by atoms with Crippen molar-refractivity contribution >= 4 is 5.91 Å². The number of unbranched alkanes of at least 4 members (excludes halogenated alkanes) is 44. The maximum Gasteiger partial charge on any atom is 0.220 e. The first kappa shape index (κ1) is 104. The number of aliphatic hydroxyl groups is 11. The van der Waals surface area contributed by atoms with Crippen LogP contribution >= 0.6 is 0 Å². The molecule has 113 heavy (non-hydrogen) atoms. The van der Waals surface area contributed by atoms with Crippen LogP contribution in [0.25, 0.3) is 0 Å². The smallest absolute Gasteiger partial charge is 0.220 e. The Morgan fingerprint density at radius 1 is 0.327 bits per heavy atom. The maximum atomic E-state index is 13.5. The summed E-state index contributed by atoms with van der Waals surface area (Å²) >= 11 is 0. The summed E-state index contributed by atoms with van der Waals surface area (Å²) in [6.07, 6.45) is 74.3. The molecule has 0 saturated carbocycles. The molecule has 3 heterocycles. The predicted molar refractivity (Wildman–Crippen MR) is 457 cm³/mol. The van der Waals surface area contributed by atoms with E-state index >= 15 is 0 Å². The molecule has 0 aromatic rings. The summed E-state index contributed by atoms with van der Waals surface area (Å²) in [7, 11) is 0. The molecule has 0 bridgehead atoms. The Kier molecular flexibility index (Phi) is 66.8. The van der Waals surface area contributed by atoms with Gasteiger partial charge in [-0.1, -0.05) is 361 Å². The lowest BCUT2D eigenvalue weighted by molar-refractivity contribution is -0.379. The monoisotopic (exact) mass is 1600 g/mol. The number of allylic oxidation sites excluding steroid dienone is 15. The first-order chi connectivity index (χ1) is 55.3. The summed E-state index contributed by atoms with van der Waals surface area (Å²) in [6.45, 7) is 1.64. The van der Waals surface area contributed by atoms with Gasteiger partial charge in [-0.25, -0.2) is 0 Å². The third-order valence-corrected chi connectivity index (χ3v) is 22.3. The maximum absolute atomic E-state index is 13.5. The summed E-state index contributed by atoms with van der Waals surface area (Å²) in [5, 5.41) is 121. The van der Waals surface area contributed by atoms with E-state index in [2.05, 4.69) is 104 Å². The molecule has 3 aliphatic rings. The van der Waals surface area contributed by atoms with E-state index in [1.807, 2.05) is 6.08 Å². The fourth-order valence-electron chi connectivity index (χ4n) is 15.1. The highest BCUT2D eigenvalue weighted by Crippen LogP contribution is 2.34. The molecule has 3 rings (SSSR count). The number of amides is 1. The molecule has 0 radical (unpaired) electrons. The molecule has 0 aliphatic carbocycles. The van der Waals surface area contributed by atoms with Crippen LogP contribution in [0.2, 0.25) is 0 Å². The molecular formula is C94H167NO18. The molecule has 3 aliphatic heterocycles. The van der Waals surface area contributed by atoms with Crippen molar-refractivity contribution in [2.45, 2.75) is 465 Å². The lowest BCUT2D eigenvalue weighted by atomic mass is 9.96. The molecule has 0 aromatic carbocycles. The van der Waals surface area contributed by atoms with E-state index in [0.717, 1.165) is 77.0 Å². The van der Waals surface area contributed by atoms with E-state index < -0.39 is 124 Å². The zero-order valence-corrected chi connectivity index (χ0v) is 70.8. The number of carbonyl (C=O) groups is 1. The Morgan fingerprint density at radius 2 is 0.619 bits per heavy atom. The lowest BCUT2D eigenvalue weighted by Gasteiger charge is -2.48. The Balaban J connectivity index is 1.34. The first-order valence-corrected chi connectivity index (χ1v) is 46.0. The van der Waals surface area contributed by atoms with Crippen molar-refractivity contribution < 1.29 is 89.4 Å². The van der Waals surface area contributed by atoms with Crippen LogP contribution in [-0.4, -0.2) is 193 Å². The third kappa shape index (κ3) is 51.1. The molecule has 19 nitrogen and oxygen atoms in total. The fraction of sp³-hybridized carbons (Fsp3) is 0.819. The zero-order chi connectivity index (χ0) is 81.7. The van der Waals surface area contributed by atoms with Gasteiger partial charge in [-0.3, -0.25) is 4.79 Å². The van der Waals surface area contributed by atoms with E-state index in [1.54, 1.807) is 6.08 Å². The van der Waals surface area contributed by atoms with E-state index in [-0.39, 0.29) is 18.9 Å². The van der Waals surface area contributed by atoms with Gasteiger partial charge in [-0.2, -0.15) is 0 Å². The van der Waals surface area contributed by atoms with Gasteiger partial charge in [0.25, 0.3) is 0 Å². The Bertz CT molecular complexity index is 2420. The SMILES string of the molecule is CC/C=C\C/C=C\C/C=C\C/C=C\C/C=C\CCCCCCCCCCCCCCCCCCCCCC(=O)NC(COC1OC(CO)C(OC2OC(CO)C(OC3OC(CO)C(O)C(O)C3O)C(O)C2O)C(O)C1O)C(O)/C=C/CC/C=C/CC/C=C/CCCCCCCCCCCCCCCCCCCCCCCCC. The second-order valence-electron chi connectivity index (χ2n) is 32.4. The summed E-state index contributed by atoms with van der Waals surface area (Å²) < 4.78 is 34.5. The van der Waals surface area contributed by atoms with Crippen LogP contribution in [0.3, 0.4) is 0 Å². The van der Waals surface area contributed by atoms with Crippen LogP contribution in [0.1, 0.15) is 361 Å². The van der Waals surface area contributed by atoms with Gasteiger partial charge in [0.1, 0.15) is 73.2 Å². The molecule has 17 atom stereocenters. The first-order valence-electron chi connectivity index (χ1n) is 46.0. The predicted octanol–water partition coefficient (Wildman–Crippen LogP) is 17.9. The summed E-state index contributed by atoms with van der Waals surface area (Å²) in [5.74, 6) is -0.286. The molecule has 12 N–H and O–H groups in total. The average molecular weight is 1600 g/mol. The number of ether oxygens (including phenoxy) is 6. The van der Waals surface area contributed by atoms with Gasteiger partial charge in [0, 0.05) is 6.42 Å². The van der Waals surface area contributed by atoms with Crippen molar-refractivity contribution in [2.75, 3.05) is 26.4 Å². The van der Waals surface area contributed by atoms with Gasteiger partial charge in [0.2, 0.25) is 5.91 Å². The highest BCUT2D eigenvalue weighted by atomic mass is 16.8. The standard InChI is InChI=1S/C94H167NO18/c1-3-5-7-9-11-13-15-17-19-21-23-25-27-29-31-33-35-37-38-40-42-44-46-48-50-52-54-56-58-60-62-64-66-68-70-72-82(100)95-77(78(99)71-69-67-65-63-61-59-57-55-53-51-49-47-45-43-41-39-36-34-32-30-28-26-24-22-20-18-16-14-12-10-8-6-4-2)76-108-92-88(106)85(103)90(80(74-97)110-92)113-94-89(107)86(104)91(81(75-98)111-94)112-93-87(105)84(102)83(101)79(73-96)109-93/h5,7,11,13,17,19,23,25,29,31,53,55,61,63,69,71,77-81,83-94,96-99,101-107H,3-4,6,8-10,12,14-16,18,20-22,24,26-28,30,32-52,54,56-60,62,64-68,70,72-76H2,1-2H3,(H,95,100)/b7-5-,13-11-,19-17-,25-23-,31-29-,55-53+,63-61+,71-69+. The van der Waals surface area contributed by atoms with Crippen molar-refractivity contribution in [3.05, 3.63) is 97.2 Å². The Labute approximate surface area is 685 Å². The largest absolute Gasteiger partial charge is 0.394 e. The van der Waals surface area contributed by atoms with Crippen molar-refractivity contribution in [2.24, 2.45) is 0 Å². The molecule has 3 saturated heterocycles. The highest BCUT2D eigenvalue weighted by molar-refractivity contribution is 5.76. The van der Waals surface area contributed by atoms with Crippen molar-refractivity contribution in [1.29, 1.82) is 0 Å². The molecule has 0 spiro atoms. The molecular weight excluding hydrogens is 1430 g/mol. The molecule has 3 fully saturated rings. The number of aliphatic hydroxyl groups excluding tert-OH is 11. The average Bonchev–Trinajstić information content (AvgIpc) is 0.780. The molecule has 17 unspecified atom stereocenters. The van der Waals surface area contributed by atoms with Crippen molar-refractivity contribution in [1.82, 2.24) is 5.32 Å². The van der Waals surface area contributed by atoms with Gasteiger partial charge in [-0.15, -0.1) is 0 Å². The van der Waals surface area contributed by atoms with Gasteiger partial charge in [0.15, 0.2) is 18.9 Å². The van der Waals surface area contributed by atoms with Gasteiger partial charge in [0.05, 0.1) is 38.6 Å². The Hall–Kier alpha value is -3.29. The molecule has 19 heteroatoms. The minimum Gasteiger partial charge on any atom is -0.394 e. The molecule has 656 valence electrons. The number of nitrogens with one attached hydrogen (secondary N) is 1. The zero-order valence-electron chi connectivity index (χ0n) is 70.8. The number of carbonyl (C=O) groups excluding carboxylic acids is 1. The van der Waals surface area contributed by atoms with Gasteiger partial charge < -0.3 is 89.9 Å². The quantitative estimate of drug-likeness (QED) is 0.0199. The number of rotatable bonds is 74. The summed E-state index contributed by atoms with van der Waals surface area (Å²) in [6, 6.07) is -1.00. The van der Waals surface area contributed by atoms with Crippen molar-refractivity contribution in [3.63, 3.8) is 0 Å². The second kappa shape index (κ2) is 72.7. The van der Waals surface area contributed by atoms with E-state index in [0.29, 0.717) is 12.8 Å². The minimum absolute atomic E-state index is 0.230. The van der Waals surface area contributed by atoms with Crippen LogP contribution in [0.5, 0.6) is 0 Å². The van der Waals surface area contributed by atoms with E-state index in [4.69, 9.17) is 28.4 Å². The lowest BCUT2D eigenvalue weighted by Crippen LogP contribution is -2.66. The topological polar surface area (TPSA) is 307 Å². The molecule has 0 aromatic heterocycles. The van der Waals surface area contributed by atoms with Crippen LogP contribution in [0.4, 0.5) is 0 Å². The van der Waals surface area contributed by atoms with Crippen molar-refractivity contribution in [3.8, 4) is 0 Å². The summed E-state index contributed by atoms with van der Waals surface area (Å²) in [4.78, 5) is 13.5. The van der Waals surface area contributed by atoms with Crippen LogP contribution < -0.4 is 5.32 Å². The van der Waals surface area contributed by atoms with E-state index in [1.165, 1.54) is 250 Å². The third-order valence-electron chi connectivity index (χ3n) is 22.3. The number of hydrogen-bond acceptors (Lipinski definition) is 18. The normalized spacial score (nSPS) is 25.3.